The monoisotopic (exact) mass is 266 g/mol. The molecule has 0 saturated carbocycles. The van der Waals surface area contributed by atoms with E-state index >= 15 is 0 Å². The third-order valence-corrected chi connectivity index (χ3v) is 2.67. The standard InChI is InChI=1S/C14H12ClFO2/c15-11-4-1-3-10(7-11)14(17)9-18-13-6-2-5-12(16)8-13/h1-8,14,17H,9H2. The van der Waals surface area contributed by atoms with Crippen molar-refractivity contribution < 1.29 is 14.2 Å². The van der Waals surface area contributed by atoms with Gasteiger partial charge in [0, 0.05) is 11.1 Å². The lowest BCUT2D eigenvalue weighted by Crippen LogP contribution is -2.09. The van der Waals surface area contributed by atoms with Crippen LogP contribution in [0.2, 0.25) is 5.02 Å². The van der Waals surface area contributed by atoms with Gasteiger partial charge < -0.3 is 9.84 Å². The first-order valence-corrected chi connectivity index (χ1v) is 5.85. The highest BCUT2D eigenvalue weighted by atomic mass is 35.5. The first kappa shape index (κ1) is 12.9. The normalized spacial score (nSPS) is 12.2. The molecule has 2 nitrogen and oxygen atoms in total. The first-order valence-electron chi connectivity index (χ1n) is 5.47. The third-order valence-electron chi connectivity index (χ3n) is 2.44. The van der Waals surface area contributed by atoms with E-state index in [1.165, 1.54) is 12.1 Å². The van der Waals surface area contributed by atoms with Crippen LogP contribution in [0.1, 0.15) is 11.7 Å². The third kappa shape index (κ3) is 3.45. The molecule has 0 spiro atoms. The molecule has 0 amide bonds. The Balaban J connectivity index is 1.98. The van der Waals surface area contributed by atoms with E-state index < -0.39 is 6.10 Å². The molecule has 2 aromatic rings. The van der Waals surface area contributed by atoms with Gasteiger partial charge in [-0.2, -0.15) is 0 Å². The lowest BCUT2D eigenvalue weighted by atomic mass is 10.1. The van der Waals surface area contributed by atoms with Crippen LogP contribution in [0.25, 0.3) is 0 Å². The summed E-state index contributed by atoms with van der Waals surface area (Å²) in [7, 11) is 0. The number of rotatable bonds is 4. The smallest absolute Gasteiger partial charge is 0.126 e. The summed E-state index contributed by atoms with van der Waals surface area (Å²) in [4.78, 5) is 0. The Labute approximate surface area is 110 Å². The summed E-state index contributed by atoms with van der Waals surface area (Å²) in [6.45, 7) is 0.0454. The van der Waals surface area contributed by atoms with Gasteiger partial charge in [-0.05, 0) is 29.8 Å². The topological polar surface area (TPSA) is 29.5 Å². The van der Waals surface area contributed by atoms with E-state index in [1.54, 1.807) is 36.4 Å². The quantitative estimate of drug-likeness (QED) is 0.916. The minimum Gasteiger partial charge on any atom is -0.490 e. The van der Waals surface area contributed by atoms with E-state index in [0.717, 1.165) is 0 Å². The Morgan fingerprint density at radius 3 is 2.67 bits per heavy atom. The number of hydrogen-bond donors (Lipinski definition) is 1. The summed E-state index contributed by atoms with van der Waals surface area (Å²) < 4.78 is 18.2. The molecule has 0 aliphatic heterocycles. The number of aliphatic hydroxyl groups excluding tert-OH is 1. The summed E-state index contributed by atoms with van der Waals surface area (Å²) in [5, 5.41) is 10.5. The zero-order valence-corrected chi connectivity index (χ0v) is 10.3. The second kappa shape index (κ2) is 5.85. The van der Waals surface area contributed by atoms with Gasteiger partial charge >= 0.3 is 0 Å². The van der Waals surface area contributed by atoms with Crippen LogP contribution < -0.4 is 4.74 Å². The largest absolute Gasteiger partial charge is 0.490 e. The molecule has 0 fully saturated rings. The zero-order chi connectivity index (χ0) is 13.0. The summed E-state index contributed by atoms with van der Waals surface area (Å²) in [6.07, 6.45) is -0.799. The molecule has 0 aliphatic rings. The van der Waals surface area contributed by atoms with Gasteiger partial charge in [0.1, 0.15) is 24.3 Å². The maximum absolute atomic E-state index is 12.9. The summed E-state index contributed by atoms with van der Waals surface area (Å²) in [5.74, 6) is 0.0147. The zero-order valence-electron chi connectivity index (χ0n) is 9.51. The molecule has 2 rings (SSSR count). The van der Waals surface area contributed by atoms with E-state index in [9.17, 15) is 9.50 Å². The molecular weight excluding hydrogens is 255 g/mol. The molecule has 0 bridgehead atoms. The molecule has 2 aromatic carbocycles. The van der Waals surface area contributed by atoms with E-state index in [0.29, 0.717) is 16.3 Å². The second-order valence-corrected chi connectivity index (χ2v) is 4.28. The van der Waals surface area contributed by atoms with Crippen molar-refractivity contribution in [3.63, 3.8) is 0 Å². The highest BCUT2D eigenvalue weighted by Crippen LogP contribution is 2.19. The van der Waals surface area contributed by atoms with Crippen LogP contribution in [0.4, 0.5) is 4.39 Å². The summed E-state index contributed by atoms with van der Waals surface area (Å²) >= 11 is 5.83. The average molecular weight is 267 g/mol. The SMILES string of the molecule is OC(COc1cccc(F)c1)c1cccc(Cl)c1. The molecule has 94 valence electrons. The molecular formula is C14H12ClFO2. The van der Waals surface area contributed by atoms with E-state index in [2.05, 4.69) is 0 Å². The minimum atomic E-state index is -0.799. The fraction of sp³-hybridized carbons (Fsp3) is 0.143. The molecule has 1 N–H and O–H groups in total. The molecule has 0 heterocycles. The van der Waals surface area contributed by atoms with Crippen molar-refractivity contribution in [1.29, 1.82) is 0 Å². The minimum absolute atomic E-state index is 0.0454. The molecule has 0 aromatic heterocycles. The van der Waals surface area contributed by atoms with Crippen molar-refractivity contribution in [3.05, 3.63) is 64.9 Å². The van der Waals surface area contributed by atoms with Crippen LogP contribution >= 0.6 is 11.6 Å². The van der Waals surface area contributed by atoms with Gasteiger partial charge in [0.15, 0.2) is 0 Å². The number of benzene rings is 2. The lowest BCUT2D eigenvalue weighted by Gasteiger charge is -2.13. The molecule has 18 heavy (non-hydrogen) atoms. The second-order valence-electron chi connectivity index (χ2n) is 3.84. The molecule has 4 heteroatoms. The maximum Gasteiger partial charge on any atom is 0.126 e. The van der Waals surface area contributed by atoms with Crippen molar-refractivity contribution >= 4 is 11.6 Å². The Morgan fingerprint density at radius 1 is 1.17 bits per heavy atom. The first-order chi connectivity index (χ1) is 8.65. The fourth-order valence-corrected chi connectivity index (χ4v) is 1.74. The summed E-state index contributed by atoms with van der Waals surface area (Å²) in [6, 6.07) is 12.7. The van der Waals surface area contributed by atoms with Crippen LogP contribution in [-0.4, -0.2) is 11.7 Å². The molecule has 1 unspecified atom stereocenters. The van der Waals surface area contributed by atoms with E-state index in [1.807, 2.05) is 0 Å². The van der Waals surface area contributed by atoms with Crippen LogP contribution in [0.15, 0.2) is 48.5 Å². The van der Waals surface area contributed by atoms with Crippen LogP contribution in [0.5, 0.6) is 5.75 Å². The molecule has 0 aliphatic carbocycles. The van der Waals surface area contributed by atoms with Crippen LogP contribution in [-0.2, 0) is 0 Å². The fourth-order valence-electron chi connectivity index (χ4n) is 1.54. The lowest BCUT2D eigenvalue weighted by molar-refractivity contribution is 0.108. The predicted molar refractivity (Wildman–Crippen MR) is 68.3 cm³/mol. The van der Waals surface area contributed by atoms with Gasteiger partial charge in [0.05, 0.1) is 0 Å². The Morgan fingerprint density at radius 2 is 1.94 bits per heavy atom. The van der Waals surface area contributed by atoms with Gasteiger partial charge in [-0.1, -0.05) is 29.8 Å². The maximum atomic E-state index is 12.9. The van der Waals surface area contributed by atoms with E-state index in [-0.39, 0.29) is 12.4 Å². The van der Waals surface area contributed by atoms with Gasteiger partial charge in [-0.3, -0.25) is 0 Å². The van der Waals surface area contributed by atoms with Gasteiger partial charge in [-0.25, -0.2) is 4.39 Å². The highest BCUT2D eigenvalue weighted by Gasteiger charge is 2.09. The number of halogens is 2. The van der Waals surface area contributed by atoms with Crippen molar-refractivity contribution in [2.75, 3.05) is 6.61 Å². The van der Waals surface area contributed by atoms with Crippen molar-refractivity contribution in [2.24, 2.45) is 0 Å². The number of aliphatic hydroxyl groups is 1. The highest BCUT2D eigenvalue weighted by molar-refractivity contribution is 6.30. The Bertz CT molecular complexity index is 531. The Hall–Kier alpha value is -1.58. The number of ether oxygens (including phenoxy) is 1. The molecule has 0 radical (unpaired) electrons. The predicted octanol–water partition coefficient (Wildman–Crippen LogP) is 3.59. The Kier molecular flexibility index (Phi) is 4.18. The van der Waals surface area contributed by atoms with Crippen molar-refractivity contribution in [1.82, 2.24) is 0 Å². The van der Waals surface area contributed by atoms with Gasteiger partial charge in [-0.15, -0.1) is 0 Å². The van der Waals surface area contributed by atoms with Gasteiger partial charge in [0.25, 0.3) is 0 Å². The van der Waals surface area contributed by atoms with Crippen molar-refractivity contribution in [2.45, 2.75) is 6.10 Å². The van der Waals surface area contributed by atoms with E-state index in [4.69, 9.17) is 16.3 Å². The summed E-state index contributed by atoms with van der Waals surface area (Å²) in [5.41, 5.74) is 0.666. The van der Waals surface area contributed by atoms with Crippen LogP contribution in [0.3, 0.4) is 0 Å². The number of hydrogen-bond acceptors (Lipinski definition) is 2. The molecule has 1 atom stereocenters. The van der Waals surface area contributed by atoms with Crippen molar-refractivity contribution in [3.8, 4) is 5.75 Å². The molecule has 0 saturated heterocycles. The van der Waals surface area contributed by atoms with Crippen LogP contribution in [0, 0.1) is 5.82 Å². The van der Waals surface area contributed by atoms with Gasteiger partial charge in [0.2, 0.25) is 0 Å². The average Bonchev–Trinajstić information content (AvgIpc) is 2.36.